The van der Waals surface area contributed by atoms with Gasteiger partial charge in [0.2, 0.25) is 0 Å². The molecule has 2 N–H and O–H groups in total. The van der Waals surface area contributed by atoms with Crippen LogP contribution in [0.3, 0.4) is 0 Å². The Morgan fingerprint density at radius 2 is 2.17 bits per heavy atom. The third-order valence-corrected chi connectivity index (χ3v) is 4.89. The molecular weight excluding hydrogens is 365 g/mol. The largest absolute Gasteiger partial charge is 0.348 e. The molecule has 3 rings (SSSR count). The standard InChI is InChI=1S/C17H21N3OS.2ClH/c1-11-15(7-4-8-18-11)20-17(21)14-6-3-5-13(9-14)16-10-22-12(2)19-16;;/h3,5-6,9-11,15,18H,4,7-8H2,1-2H3,(H,20,21);2*1H. The maximum Gasteiger partial charge on any atom is 0.251 e. The highest BCUT2D eigenvalue weighted by Crippen LogP contribution is 2.22. The lowest BCUT2D eigenvalue weighted by Crippen LogP contribution is -2.51. The van der Waals surface area contributed by atoms with Crippen molar-refractivity contribution in [3.63, 3.8) is 0 Å². The lowest BCUT2D eigenvalue weighted by molar-refractivity contribution is 0.0920. The first-order valence-corrected chi connectivity index (χ1v) is 8.58. The molecule has 0 radical (unpaired) electrons. The van der Waals surface area contributed by atoms with E-state index in [1.54, 1.807) is 11.3 Å². The van der Waals surface area contributed by atoms with Crippen molar-refractivity contribution in [3.8, 4) is 11.3 Å². The molecule has 1 aromatic heterocycles. The van der Waals surface area contributed by atoms with Crippen LogP contribution in [0, 0.1) is 6.92 Å². The first kappa shape index (κ1) is 20.9. The van der Waals surface area contributed by atoms with Crippen LogP contribution in [-0.4, -0.2) is 29.5 Å². The number of nitrogens with zero attached hydrogens (tertiary/aromatic N) is 1. The van der Waals surface area contributed by atoms with Crippen molar-refractivity contribution in [2.45, 2.75) is 38.8 Å². The number of halogens is 2. The van der Waals surface area contributed by atoms with Gasteiger partial charge in [-0.15, -0.1) is 36.2 Å². The highest BCUT2D eigenvalue weighted by Gasteiger charge is 2.22. The summed E-state index contributed by atoms with van der Waals surface area (Å²) < 4.78 is 0. The SMILES string of the molecule is Cc1nc(-c2cccc(C(=O)NC3CCCNC3C)c2)cs1.Cl.Cl. The summed E-state index contributed by atoms with van der Waals surface area (Å²) in [6.07, 6.45) is 2.14. The van der Waals surface area contributed by atoms with Crippen molar-refractivity contribution >= 4 is 42.1 Å². The predicted octanol–water partition coefficient (Wildman–Crippen LogP) is 3.83. The quantitative estimate of drug-likeness (QED) is 0.840. The van der Waals surface area contributed by atoms with Crippen LogP contribution < -0.4 is 10.6 Å². The first-order chi connectivity index (χ1) is 10.6. The zero-order valence-electron chi connectivity index (χ0n) is 13.7. The summed E-state index contributed by atoms with van der Waals surface area (Å²) in [6.45, 7) is 5.15. The van der Waals surface area contributed by atoms with E-state index in [2.05, 4.69) is 22.5 Å². The number of carbonyl (C=O) groups is 1. The number of hydrogen-bond acceptors (Lipinski definition) is 4. The van der Waals surface area contributed by atoms with E-state index in [1.807, 2.05) is 36.6 Å². The van der Waals surface area contributed by atoms with E-state index in [1.165, 1.54) is 0 Å². The van der Waals surface area contributed by atoms with Gasteiger partial charge in [0.1, 0.15) is 0 Å². The van der Waals surface area contributed by atoms with Crippen LogP contribution in [0.2, 0.25) is 0 Å². The van der Waals surface area contributed by atoms with Crippen molar-refractivity contribution in [1.82, 2.24) is 15.6 Å². The fourth-order valence-corrected chi connectivity index (χ4v) is 3.43. The van der Waals surface area contributed by atoms with Gasteiger partial charge in [0, 0.05) is 28.6 Å². The Balaban J connectivity index is 0.00000144. The average Bonchev–Trinajstić information content (AvgIpc) is 2.96. The van der Waals surface area contributed by atoms with Gasteiger partial charge in [-0.3, -0.25) is 4.79 Å². The average molecular weight is 388 g/mol. The van der Waals surface area contributed by atoms with Gasteiger partial charge in [0.05, 0.1) is 10.7 Å². The second kappa shape index (κ2) is 9.37. The van der Waals surface area contributed by atoms with E-state index in [0.29, 0.717) is 11.6 Å². The molecule has 2 aromatic rings. The zero-order chi connectivity index (χ0) is 15.5. The molecule has 1 aromatic carbocycles. The summed E-state index contributed by atoms with van der Waals surface area (Å²) in [5.41, 5.74) is 2.62. The molecule has 7 heteroatoms. The molecule has 132 valence electrons. The van der Waals surface area contributed by atoms with E-state index >= 15 is 0 Å². The van der Waals surface area contributed by atoms with Crippen LogP contribution in [0.5, 0.6) is 0 Å². The van der Waals surface area contributed by atoms with Gasteiger partial charge in [0.15, 0.2) is 0 Å². The maximum absolute atomic E-state index is 12.5. The summed E-state index contributed by atoms with van der Waals surface area (Å²) in [6, 6.07) is 8.22. The monoisotopic (exact) mass is 387 g/mol. The minimum absolute atomic E-state index is 0. The Bertz CT molecular complexity index is 677. The lowest BCUT2D eigenvalue weighted by atomic mass is 9.99. The molecule has 0 saturated carbocycles. The number of hydrogen-bond donors (Lipinski definition) is 2. The van der Waals surface area contributed by atoms with Gasteiger partial charge < -0.3 is 10.6 Å². The van der Waals surface area contributed by atoms with Crippen molar-refractivity contribution in [1.29, 1.82) is 0 Å². The summed E-state index contributed by atoms with van der Waals surface area (Å²) in [5, 5.41) is 9.62. The third kappa shape index (κ3) is 4.93. The number of nitrogens with one attached hydrogen (secondary N) is 2. The number of rotatable bonds is 3. The summed E-state index contributed by atoms with van der Waals surface area (Å²) >= 11 is 1.62. The summed E-state index contributed by atoms with van der Waals surface area (Å²) in [5.74, 6) is -0.00523. The van der Waals surface area contributed by atoms with Crippen LogP contribution in [0.4, 0.5) is 0 Å². The zero-order valence-corrected chi connectivity index (χ0v) is 16.2. The Morgan fingerprint density at radius 1 is 1.38 bits per heavy atom. The topological polar surface area (TPSA) is 54.0 Å². The molecule has 1 saturated heterocycles. The third-order valence-electron chi connectivity index (χ3n) is 4.12. The number of aromatic nitrogens is 1. The number of carbonyl (C=O) groups excluding carboxylic acids is 1. The smallest absolute Gasteiger partial charge is 0.251 e. The van der Waals surface area contributed by atoms with E-state index in [-0.39, 0.29) is 36.8 Å². The number of thiazole rings is 1. The molecule has 2 unspecified atom stereocenters. The Morgan fingerprint density at radius 3 is 2.83 bits per heavy atom. The second-order valence-corrected chi connectivity index (χ2v) is 6.86. The fraction of sp³-hybridized carbons (Fsp3) is 0.412. The van der Waals surface area contributed by atoms with Gasteiger partial charge in [0.25, 0.3) is 5.91 Å². The molecule has 1 amide bonds. The highest BCUT2D eigenvalue weighted by atomic mass is 35.5. The van der Waals surface area contributed by atoms with Gasteiger partial charge >= 0.3 is 0 Å². The molecule has 2 atom stereocenters. The normalized spacial score (nSPS) is 19.8. The Kier molecular flexibility index (Phi) is 8.16. The Hall–Kier alpha value is -1.14. The lowest BCUT2D eigenvalue weighted by Gasteiger charge is -2.30. The van der Waals surface area contributed by atoms with Crippen LogP contribution in [0.15, 0.2) is 29.6 Å². The first-order valence-electron chi connectivity index (χ1n) is 7.70. The number of benzene rings is 1. The molecule has 4 nitrogen and oxygen atoms in total. The second-order valence-electron chi connectivity index (χ2n) is 5.80. The number of piperidine rings is 1. The maximum atomic E-state index is 12.5. The van der Waals surface area contributed by atoms with Crippen molar-refractivity contribution in [2.24, 2.45) is 0 Å². The minimum atomic E-state index is -0.00523. The molecule has 1 aliphatic rings. The molecule has 24 heavy (non-hydrogen) atoms. The van der Waals surface area contributed by atoms with Gasteiger partial charge in [-0.25, -0.2) is 4.98 Å². The van der Waals surface area contributed by atoms with E-state index in [0.717, 1.165) is 35.7 Å². The molecule has 2 heterocycles. The van der Waals surface area contributed by atoms with Crippen LogP contribution in [-0.2, 0) is 0 Å². The fourth-order valence-electron chi connectivity index (χ4n) is 2.81. The minimum Gasteiger partial charge on any atom is -0.348 e. The molecule has 0 bridgehead atoms. The van der Waals surface area contributed by atoms with Crippen molar-refractivity contribution in [3.05, 3.63) is 40.2 Å². The van der Waals surface area contributed by atoms with Crippen LogP contribution in [0.1, 0.15) is 35.1 Å². The summed E-state index contributed by atoms with van der Waals surface area (Å²) in [4.78, 5) is 17.0. The van der Waals surface area contributed by atoms with Crippen LogP contribution in [0.25, 0.3) is 11.3 Å². The number of aryl methyl sites for hydroxylation is 1. The molecule has 1 aliphatic heterocycles. The van der Waals surface area contributed by atoms with Gasteiger partial charge in [-0.1, -0.05) is 12.1 Å². The molecule has 0 aliphatic carbocycles. The predicted molar refractivity (Wildman–Crippen MR) is 105 cm³/mol. The molecular formula is C17H23Cl2N3OS. The van der Waals surface area contributed by atoms with Gasteiger partial charge in [-0.2, -0.15) is 0 Å². The van der Waals surface area contributed by atoms with Crippen molar-refractivity contribution < 1.29 is 4.79 Å². The van der Waals surface area contributed by atoms with Crippen LogP contribution >= 0.6 is 36.2 Å². The van der Waals surface area contributed by atoms with E-state index in [9.17, 15) is 4.79 Å². The number of amides is 1. The van der Waals surface area contributed by atoms with Gasteiger partial charge in [-0.05, 0) is 45.4 Å². The van der Waals surface area contributed by atoms with E-state index in [4.69, 9.17) is 0 Å². The highest BCUT2D eigenvalue weighted by molar-refractivity contribution is 7.09. The van der Waals surface area contributed by atoms with Crippen molar-refractivity contribution in [2.75, 3.05) is 6.54 Å². The molecule has 0 spiro atoms. The molecule has 1 fully saturated rings. The Labute approximate surface area is 159 Å². The summed E-state index contributed by atoms with van der Waals surface area (Å²) in [7, 11) is 0. The van der Waals surface area contributed by atoms with E-state index < -0.39 is 0 Å².